The van der Waals surface area contributed by atoms with Crippen LogP contribution in [0.5, 0.6) is 5.75 Å². The van der Waals surface area contributed by atoms with Gasteiger partial charge >= 0.3 is 0 Å². The third-order valence-corrected chi connectivity index (χ3v) is 0.856. The van der Waals surface area contributed by atoms with Crippen LogP contribution >= 0.6 is 0 Å². The van der Waals surface area contributed by atoms with Crippen LogP contribution in [0.1, 0.15) is 0 Å². The van der Waals surface area contributed by atoms with Gasteiger partial charge in [0.2, 0.25) is 0 Å². The number of hydrogen-bond donors (Lipinski definition) is 2. The van der Waals surface area contributed by atoms with Crippen molar-refractivity contribution in [3.05, 3.63) is 12.4 Å². The summed E-state index contributed by atoms with van der Waals surface area (Å²) >= 11 is 0. The summed E-state index contributed by atoms with van der Waals surface area (Å²) < 4.78 is 5.09. The summed E-state index contributed by atoms with van der Waals surface area (Å²) in [4.78, 5) is 0. The van der Waals surface area contributed by atoms with Gasteiger partial charge in [-0.2, -0.15) is 5.10 Å². The lowest BCUT2D eigenvalue weighted by Gasteiger charge is -1.98. The Balaban J connectivity index is 2.30. The van der Waals surface area contributed by atoms with Crippen LogP contribution in [-0.2, 0) is 0 Å². The fraction of sp³-hybridized carbons (Fsp3) is 0.400. The molecule has 0 spiro atoms. The zero-order chi connectivity index (χ0) is 6.53. The lowest BCUT2D eigenvalue weighted by atomic mass is 10.7. The number of aromatic nitrogens is 2. The second-order valence-corrected chi connectivity index (χ2v) is 1.58. The second-order valence-electron chi connectivity index (χ2n) is 1.58. The van der Waals surface area contributed by atoms with Crippen molar-refractivity contribution in [1.82, 2.24) is 15.5 Å². The number of nitrogens with zero attached hydrogens (tertiary/aromatic N) is 1. The maximum absolute atomic E-state index is 5.09. The molecule has 0 atom stereocenters. The van der Waals surface area contributed by atoms with Gasteiger partial charge in [-0.3, -0.25) is 10.4 Å². The predicted octanol–water partition coefficient (Wildman–Crippen LogP) is -0.0346. The summed E-state index contributed by atoms with van der Waals surface area (Å²) in [7, 11) is 1.82. The minimum absolute atomic E-state index is 0.513. The minimum Gasteiger partial charge on any atom is -0.475 e. The molecule has 1 rings (SSSR count). The predicted molar refractivity (Wildman–Crippen MR) is 33.1 cm³/mol. The van der Waals surface area contributed by atoms with Gasteiger partial charge in [-0.1, -0.05) is 0 Å². The fourth-order valence-electron chi connectivity index (χ4n) is 0.473. The van der Waals surface area contributed by atoms with Crippen LogP contribution in [0.3, 0.4) is 0 Å². The molecule has 0 aromatic carbocycles. The molecule has 0 amide bonds. The van der Waals surface area contributed by atoms with E-state index in [2.05, 4.69) is 15.5 Å². The second kappa shape index (κ2) is 3.09. The highest BCUT2D eigenvalue weighted by molar-refractivity contribution is 5.09. The van der Waals surface area contributed by atoms with E-state index in [1.807, 2.05) is 7.05 Å². The van der Waals surface area contributed by atoms with E-state index in [9.17, 15) is 0 Å². The van der Waals surface area contributed by atoms with E-state index >= 15 is 0 Å². The largest absolute Gasteiger partial charge is 0.475 e. The maximum atomic E-state index is 5.09. The number of rotatable bonds is 3. The van der Waals surface area contributed by atoms with E-state index in [0.29, 0.717) is 6.73 Å². The molecule has 0 fully saturated rings. The molecule has 0 saturated heterocycles. The van der Waals surface area contributed by atoms with Gasteiger partial charge < -0.3 is 4.74 Å². The quantitative estimate of drug-likeness (QED) is 0.560. The fourth-order valence-corrected chi connectivity index (χ4v) is 0.473. The lowest BCUT2D eigenvalue weighted by Crippen LogP contribution is -2.13. The molecular weight excluding hydrogens is 118 g/mol. The first kappa shape index (κ1) is 6.10. The zero-order valence-electron chi connectivity index (χ0n) is 5.22. The van der Waals surface area contributed by atoms with Crippen molar-refractivity contribution >= 4 is 0 Å². The summed E-state index contributed by atoms with van der Waals surface area (Å²) in [6.07, 6.45) is 3.31. The van der Waals surface area contributed by atoms with Crippen LogP contribution in [0.25, 0.3) is 0 Å². The van der Waals surface area contributed by atoms with Gasteiger partial charge in [-0.15, -0.1) is 0 Å². The summed E-state index contributed by atoms with van der Waals surface area (Å²) in [6, 6.07) is 0. The Morgan fingerprint density at radius 3 is 3.33 bits per heavy atom. The van der Waals surface area contributed by atoms with Crippen molar-refractivity contribution in [2.24, 2.45) is 0 Å². The highest BCUT2D eigenvalue weighted by Crippen LogP contribution is 2.02. The standard InChI is InChI=1S/C5H9N3O/c1-6-4-9-5-2-7-8-3-5/h2-3,6H,4H2,1H3,(H,7,8). The zero-order valence-corrected chi connectivity index (χ0v) is 5.22. The van der Waals surface area contributed by atoms with Crippen molar-refractivity contribution in [1.29, 1.82) is 0 Å². The van der Waals surface area contributed by atoms with Gasteiger partial charge in [0.15, 0.2) is 5.75 Å². The molecular formula is C5H9N3O. The van der Waals surface area contributed by atoms with Gasteiger partial charge in [-0.05, 0) is 7.05 Å². The van der Waals surface area contributed by atoms with Crippen molar-refractivity contribution < 1.29 is 4.74 Å². The highest BCUT2D eigenvalue weighted by Gasteiger charge is 1.88. The Bertz CT molecular complexity index is 149. The topological polar surface area (TPSA) is 49.9 Å². The van der Waals surface area contributed by atoms with Crippen LogP contribution in [0.15, 0.2) is 12.4 Å². The molecule has 0 bridgehead atoms. The van der Waals surface area contributed by atoms with Crippen LogP contribution < -0.4 is 10.1 Å². The van der Waals surface area contributed by atoms with E-state index in [1.54, 1.807) is 12.4 Å². The Hall–Kier alpha value is -1.03. The Labute approximate surface area is 53.2 Å². The number of aromatic amines is 1. The number of ether oxygens (including phenoxy) is 1. The molecule has 9 heavy (non-hydrogen) atoms. The molecule has 0 unspecified atom stereocenters. The Morgan fingerprint density at radius 2 is 2.78 bits per heavy atom. The first-order valence-corrected chi connectivity index (χ1v) is 2.69. The van der Waals surface area contributed by atoms with Crippen molar-refractivity contribution in [2.75, 3.05) is 13.8 Å². The first-order valence-electron chi connectivity index (χ1n) is 2.69. The highest BCUT2D eigenvalue weighted by atomic mass is 16.5. The molecule has 0 aliphatic rings. The Kier molecular flexibility index (Phi) is 2.09. The molecule has 1 aromatic rings. The molecule has 2 N–H and O–H groups in total. The van der Waals surface area contributed by atoms with Crippen LogP contribution in [0, 0.1) is 0 Å². The molecule has 4 nitrogen and oxygen atoms in total. The van der Waals surface area contributed by atoms with E-state index in [1.165, 1.54) is 0 Å². The maximum Gasteiger partial charge on any atom is 0.158 e. The molecule has 1 aromatic heterocycles. The van der Waals surface area contributed by atoms with Crippen molar-refractivity contribution in [3.8, 4) is 5.75 Å². The van der Waals surface area contributed by atoms with Gasteiger partial charge in [0.25, 0.3) is 0 Å². The molecule has 0 radical (unpaired) electrons. The minimum atomic E-state index is 0.513. The summed E-state index contributed by atoms with van der Waals surface area (Å²) in [5, 5.41) is 9.18. The van der Waals surface area contributed by atoms with Crippen LogP contribution in [0.4, 0.5) is 0 Å². The normalized spacial score (nSPS) is 9.44. The van der Waals surface area contributed by atoms with E-state index in [0.717, 1.165) is 5.75 Å². The van der Waals surface area contributed by atoms with Crippen molar-refractivity contribution in [3.63, 3.8) is 0 Å². The van der Waals surface area contributed by atoms with E-state index < -0.39 is 0 Å². The molecule has 4 heteroatoms. The smallest absolute Gasteiger partial charge is 0.158 e. The molecule has 0 saturated carbocycles. The third kappa shape index (κ3) is 1.73. The van der Waals surface area contributed by atoms with Gasteiger partial charge in [0, 0.05) is 0 Å². The van der Waals surface area contributed by atoms with E-state index in [-0.39, 0.29) is 0 Å². The average molecular weight is 127 g/mol. The van der Waals surface area contributed by atoms with Gasteiger partial charge in [-0.25, -0.2) is 0 Å². The lowest BCUT2D eigenvalue weighted by molar-refractivity contribution is 0.296. The summed E-state index contributed by atoms with van der Waals surface area (Å²) in [5.41, 5.74) is 0. The molecule has 0 aliphatic carbocycles. The third-order valence-electron chi connectivity index (χ3n) is 0.856. The SMILES string of the molecule is CNCOc1cn[nH]c1. The molecule has 0 aliphatic heterocycles. The van der Waals surface area contributed by atoms with Gasteiger partial charge in [0.1, 0.15) is 6.73 Å². The number of H-pyrrole nitrogens is 1. The molecule has 1 heterocycles. The first-order chi connectivity index (χ1) is 4.43. The van der Waals surface area contributed by atoms with Gasteiger partial charge in [0.05, 0.1) is 12.4 Å². The van der Waals surface area contributed by atoms with E-state index in [4.69, 9.17) is 4.74 Å². The number of nitrogens with one attached hydrogen (secondary N) is 2. The van der Waals surface area contributed by atoms with Crippen LogP contribution in [0.2, 0.25) is 0 Å². The molecule has 50 valence electrons. The monoisotopic (exact) mass is 127 g/mol. The average Bonchev–Trinajstić information content (AvgIpc) is 2.34. The van der Waals surface area contributed by atoms with Crippen LogP contribution in [-0.4, -0.2) is 24.0 Å². The summed E-state index contributed by atoms with van der Waals surface area (Å²) in [6.45, 7) is 0.513. The summed E-state index contributed by atoms with van der Waals surface area (Å²) in [5.74, 6) is 0.754. The Morgan fingerprint density at radius 1 is 1.89 bits per heavy atom. The number of hydrogen-bond acceptors (Lipinski definition) is 3. The van der Waals surface area contributed by atoms with Crippen molar-refractivity contribution in [2.45, 2.75) is 0 Å².